The first-order valence-corrected chi connectivity index (χ1v) is 7.19. The minimum Gasteiger partial charge on any atom is -0.361 e. The third kappa shape index (κ3) is 2.03. The summed E-state index contributed by atoms with van der Waals surface area (Å²) >= 11 is 0. The number of H-pyrrole nitrogens is 1. The van der Waals surface area contributed by atoms with E-state index in [-0.39, 0.29) is 0 Å². The summed E-state index contributed by atoms with van der Waals surface area (Å²) < 4.78 is 0. The van der Waals surface area contributed by atoms with Crippen LogP contribution in [0.3, 0.4) is 0 Å². The number of rotatable bonds is 4. The molecule has 19 heavy (non-hydrogen) atoms. The molecule has 1 heteroatoms. The van der Waals surface area contributed by atoms with Crippen LogP contribution in [0.2, 0.25) is 0 Å². The second kappa shape index (κ2) is 5.08. The van der Waals surface area contributed by atoms with E-state index in [4.69, 9.17) is 0 Å². The average molecular weight is 250 g/mol. The van der Waals surface area contributed by atoms with Crippen molar-refractivity contribution in [1.29, 1.82) is 0 Å². The molecule has 1 aliphatic rings. The van der Waals surface area contributed by atoms with Crippen molar-refractivity contribution in [3.05, 3.63) is 65.3 Å². The molecule has 3 rings (SSSR count). The van der Waals surface area contributed by atoms with E-state index in [1.54, 1.807) is 0 Å². The van der Waals surface area contributed by atoms with E-state index in [0.717, 1.165) is 12.8 Å². The number of hydrogen-bond acceptors (Lipinski definition) is 0. The second-order valence-electron chi connectivity index (χ2n) is 5.11. The third-order valence-electron chi connectivity index (χ3n) is 3.89. The van der Waals surface area contributed by atoms with Crippen LogP contribution >= 0.6 is 0 Å². The summed E-state index contributed by atoms with van der Waals surface area (Å²) in [5.41, 5.74) is 8.38. The number of fused-ring (bicyclic) bond motifs is 1. The summed E-state index contributed by atoms with van der Waals surface area (Å²) in [5, 5.41) is 0. The molecule has 1 N–H and O–H groups in total. The Morgan fingerprint density at radius 3 is 2.68 bits per heavy atom. The van der Waals surface area contributed by atoms with Gasteiger partial charge in [0.05, 0.1) is 0 Å². The highest BCUT2D eigenvalue weighted by Crippen LogP contribution is 2.42. The van der Waals surface area contributed by atoms with Gasteiger partial charge in [-0.3, -0.25) is 0 Å². The predicted octanol–water partition coefficient (Wildman–Crippen LogP) is 4.85. The Morgan fingerprint density at radius 1 is 1.05 bits per heavy atom. The van der Waals surface area contributed by atoms with Crippen LogP contribution in [0.25, 0.3) is 11.1 Å². The molecule has 2 aromatic rings. The topological polar surface area (TPSA) is 15.8 Å². The standard InChI is InChI=1S/C18H20N/c1-3-7-16-15-9-6-5-8-14(15)12-17(16)18-13(4-2)10-11-19-18/h5-6,8-12,19H,3-4,7H2,1-2H3. The van der Waals surface area contributed by atoms with Crippen LogP contribution in [-0.4, -0.2) is 4.98 Å². The molecule has 97 valence electrons. The number of aryl methyl sites for hydroxylation is 1. The number of aromatic nitrogens is 1. The quantitative estimate of drug-likeness (QED) is 0.798. The maximum Gasteiger partial charge on any atom is 0.0454 e. The Hall–Kier alpha value is -1.76. The van der Waals surface area contributed by atoms with Crippen LogP contribution in [0.1, 0.15) is 49.1 Å². The van der Waals surface area contributed by atoms with Gasteiger partial charge in [0.2, 0.25) is 0 Å². The summed E-state index contributed by atoms with van der Waals surface area (Å²) in [6.45, 7) is 4.47. The van der Waals surface area contributed by atoms with Crippen molar-refractivity contribution in [3.63, 3.8) is 0 Å². The molecule has 1 radical (unpaired) electrons. The fraction of sp³-hybridized carbons (Fsp3) is 0.278. The minimum absolute atomic E-state index is 1.08. The van der Waals surface area contributed by atoms with E-state index >= 15 is 0 Å². The van der Waals surface area contributed by atoms with Crippen LogP contribution in [0.15, 0.2) is 36.5 Å². The van der Waals surface area contributed by atoms with Crippen LogP contribution in [0.5, 0.6) is 0 Å². The largest absolute Gasteiger partial charge is 0.361 e. The van der Waals surface area contributed by atoms with Crippen molar-refractivity contribution in [3.8, 4) is 0 Å². The van der Waals surface area contributed by atoms with Gasteiger partial charge in [0.15, 0.2) is 0 Å². The molecule has 0 fully saturated rings. The lowest BCUT2D eigenvalue weighted by Gasteiger charge is -2.08. The smallest absolute Gasteiger partial charge is 0.0454 e. The molecule has 0 atom stereocenters. The van der Waals surface area contributed by atoms with Crippen molar-refractivity contribution in [1.82, 2.24) is 4.98 Å². The van der Waals surface area contributed by atoms with Crippen molar-refractivity contribution >= 4 is 11.1 Å². The first-order chi connectivity index (χ1) is 9.35. The van der Waals surface area contributed by atoms with E-state index in [1.807, 2.05) is 0 Å². The molecular weight excluding hydrogens is 230 g/mol. The van der Waals surface area contributed by atoms with Crippen LogP contribution in [0.4, 0.5) is 0 Å². The van der Waals surface area contributed by atoms with Crippen LogP contribution in [0, 0.1) is 6.42 Å². The zero-order chi connectivity index (χ0) is 13.2. The molecule has 0 saturated heterocycles. The van der Waals surface area contributed by atoms with Gasteiger partial charge in [0.25, 0.3) is 0 Å². The summed E-state index contributed by atoms with van der Waals surface area (Å²) in [5.74, 6) is 0. The molecule has 1 heterocycles. The Morgan fingerprint density at radius 2 is 1.89 bits per heavy atom. The highest BCUT2D eigenvalue weighted by molar-refractivity contribution is 6.01. The molecular formula is C18H20N. The van der Waals surface area contributed by atoms with Crippen LogP contribution in [-0.2, 0) is 6.42 Å². The summed E-state index contributed by atoms with van der Waals surface area (Å²) in [6.07, 6.45) is 7.80. The first-order valence-electron chi connectivity index (χ1n) is 7.19. The van der Waals surface area contributed by atoms with E-state index in [1.165, 1.54) is 40.0 Å². The highest BCUT2D eigenvalue weighted by Gasteiger charge is 2.23. The highest BCUT2D eigenvalue weighted by atomic mass is 14.7. The Balaban J connectivity index is 2.12. The maximum atomic E-state index is 3.43. The summed E-state index contributed by atoms with van der Waals surface area (Å²) in [6, 6.07) is 10.9. The average Bonchev–Trinajstić information content (AvgIpc) is 3.03. The molecule has 0 amide bonds. The molecule has 1 nitrogen and oxygen atoms in total. The number of benzene rings is 1. The summed E-state index contributed by atoms with van der Waals surface area (Å²) in [7, 11) is 0. The number of aromatic amines is 1. The maximum absolute atomic E-state index is 3.43. The molecule has 0 unspecified atom stereocenters. The van der Waals surface area contributed by atoms with E-state index in [9.17, 15) is 0 Å². The van der Waals surface area contributed by atoms with Gasteiger partial charge in [-0.1, -0.05) is 44.5 Å². The fourth-order valence-corrected chi connectivity index (χ4v) is 2.97. The lowest BCUT2D eigenvalue weighted by molar-refractivity contribution is 0.975. The normalized spacial score (nSPS) is 14.0. The minimum atomic E-state index is 1.08. The van der Waals surface area contributed by atoms with E-state index in [2.05, 4.69) is 61.8 Å². The zero-order valence-corrected chi connectivity index (χ0v) is 11.7. The van der Waals surface area contributed by atoms with Crippen molar-refractivity contribution < 1.29 is 0 Å². The molecule has 0 saturated carbocycles. The monoisotopic (exact) mass is 250 g/mol. The molecule has 1 aromatic heterocycles. The molecule has 0 bridgehead atoms. The van der Waals surface area contributed by atoms with Gasteiger partial charge >= 0.3 is 0 Å². The first kappa shape index (κ1) is 12.3. The predicted molar refractivity (Wildman–Crippen MR) is 81.7 cm³/mol. The Kier molecular flexibility index (Phi) is 3.29. The van der Waals surface area contributed by atoms with Gasteiger partial charge in [-0.2, -0.15) is 0 Å². The SMILES string of the molecule is CCCC1=C(c2[nH]ccc2CC)[CH]c2ccccc21. The Labute approximate surface area is 115 Å². The van der Waals surface area contributed by atoms with Gasteiger partial charge in [0, 0.05) is 18.3 Å². The molecule has 1 aliphatic carbocycles. The van der Waals surface area contributed by atoms with Gasteiger partial charge in [0.1, 0.15) is 0 Å². The van der Waals surface area contributed by atoms with Crippen molar-refractivity contribution in [2.45, 2.75) is 33.1 Å². The van der Waals surface area contributed by atoms with Gasteiger partial charge in [-0.15, -0.1) is 0 Å². The lowest BCUT2D eigenvalue weighted by atomic mass is 9.98. The number of allylic oxidation sites excluding steroid dienone is 2. The van der Waals surface area contributed by atoms with Crippen LogP contribution < -0.4 is 0 Å². The molecule has 0 aliphatic heterocycles. The van der Waals surface area contributed by atoms with E-state index < -0.39 is 0 Å². The molecule has 0 spiro atoms. The van der Waals surface area contributed by atoms with Gasteiger partial charge in [-0.05, 0) is 46.7 Å². The zero-order valence-electron chi connectivity index (χ0n) is 11.7. The third-order valence-corrected chi connectivity index (χ3v) is 3.89. The van der Waals surface area contributed by atoms with Crippen molar-refractivity contribution in [2.75, 3.05) is 0 Å². The second-order valence-corrected chi connectivity index (χ2v) is 5.11. The summed E-state index contributed by atoms with van der Waals surface area (Å²) in [4.78, 5) is 3.43. The molecule has 1 aromatic carbocycles. The Bertz CT molecular complexity index is 616. The van der Waals surface area contributed by atoms with E-state index in [0.29, 0.717) is 0 Å². The van der Waals surface area contributed by atoms with Gasteiger partial charge in [-0.25, -0.2) is 0 Å². The number of nitrogens with one attached hydrogen (secondary N) is 1. The lowest BCUT2D eigenvalue weighted by Crippen LogP contribution is -1.91. The number of hydrogen-bond donors (Lipinski definition) is 1. The van der Waals surface area contributed by atoms with Crippen molar-refractivity contribution in [2.24, 2.45) is 0 Å². The van der Waals surface area contributed by atoms with Gasteiger partial charge < -0.3 is 4.98 Å². The fourth-order valence-electron chi connectivity index (χ4n) is 2.97.